The molecule has 1 amide bonds. The molecule has 0 spiro atoms. The first kappa shape index (κ1) is 23.7. The topological polar surface area (TPSA) is 104 Å². The van der Waals surface area contributed by atoms with Crippen molar-refractivity contribution in [2.24, 2.45) is 0 Å². The molecule has 182 valence electrons. The normalized spacial score (nSPS) is 14.9. The van der Waals surface area contributed by atoms with Crippen LogP contribution >= 0.6 is 11.8 Å². The molecule has 0 saturated heterocycles. The van der Waals surface area contributed by atoms with Gasteiger partial charge in [-0.05, 0) is 55.2 Å². The first-order valence-corrected chi connectivity index (χ1v) is 12.5. The van der Waals surface area contributed by atoms with Crippen molar-refractivity contribution in [1.29, 1.82) is 0 Å². The van der Waals surface area contributed by atoms with Crippen LogP contribution in [0.25, 0.3) is 17.1 Å². The van der Waals surface area contributed by atoms with E-state index in [4.69, 9.17) is 0 Å². The van der Waals surface area contributed by atoms with Gasteiger partial charge in [0.05, 0.1) is 23.5 Å². The van der Waals surface area contributed by atoms with Gasteiger partial charge in [-0.3, -0.25) is 14.3 Å². The number of carboxylic acid groups (broad SMARTS) is 1. The molecule has 8 nitrogen and oxygen atoms in total. The molecule has 1 aliphatic heterocycles. The number of amides is 1. The second kappa shape index (κ2) is 9.94. The first-order valence-electron chi connectivity index (χ1n) is 11.6. The van der Waals surface area contributed by atoms with E-state index in [2.05, 4.69) is 21.2 Å². The number of carbonyl (C=O) groups excluding carboxylic acids is 2. The predicted octanol–water partition coefficient (Wildman–Crippen LogP) is 2.74. The van der Waals surface area contributed by atoms with Gasteiger partial charge in [-0.25, -0.2) is 0 Å². The van der Waals surface area contributed by atoms with Crippen molar-refractivity contribution in [1.82, 2.24) is 24.6 Å². The Labute approximate surface area is 213 Å². The summed E-state index contributed by atoms with van der Waals surface area (Å²) < 4.78 is 1.92. The van der Waals surface area contributed by atoms with Crippen LogP contribution in [0.15, 0.2) is 72.1 Å². The number of nitrogens with zero attached hydrogens (tertiary/aromatic N) is 5. The number of rotatable bonds is 6. The maximum absolute atomic E-state index is 13.3. The van der Waals surface area contributed by atoms with Gasteiger partial charge in [0.15, 0.2) is 11.0 Å². The smallest absolute Gasteiger partial charge is 0.233 e. The summed E-state index contributed by atoms with van der Waals surface area (Å²) in [6.45, 7) is 4.29. The van der Waals surface area contributed by atoms with Crippen LogP contribution in [0.1, 0.15) is 22.3 Å². The second-order valence-electron chi connectivity index (χ2n) is 8.79. The maximum atomic E-state index is 13.3. The number of hydrogen-bond donors (Lipinski definition) is 0. The molecule has 1 atom stereocenters. The lowest BCUT2D eigenvalue weighted by molar-refractivity contribution is -0.311. The van der Waals surface area contributed by atoms with E-state index in [1.54, 1.807) is 12.4 Å². The molecule has 4 aromatic rings. The molecule has 0 fully saturated rings. The lowest BCUT2D eigenvalue weighted by atomic mass is 9.94. The highest BCUT2D eigenvalue weighted by molar-refractivity contribution is 7.99. The third-order valence-corrected chi connectivity index (χ3v) is 7.23. The SMILES string of the molecule is Cc1ccc(-n2c(SCC(=O)N3Cc4ccccc4C[C@H]3C(=O)[O-])nnc2-c2cccnc2)c(C)c1. The van der Waals surface area contributed by atoms with Crippen LogP contribution in [-0.4, -0.2) is 48.3 Å². The average molecular weight is 499 g/mol. The summed E-state index contributed by atoms with van der Waals surface area (Å²) in [6, 6.07) is 16.4. The molecular formula is C27H24N5O3S-. The zero-order valence-electron chi connectivity index (χ0n) is 19.9. The molecule has 1 aliphatic rings. The highest BCUT2D eigenvalue weighted by Crippen LogP contribution is 2.31. The Balaban J connectivity index is 1.45. The van der Waals surface area contributed by atoms with Gasteiger partial charge in [0.2, 0.25) is 5.91 Å². The number of benzene rings is 2. The molecule has 0 radical (unpaired) electrons. The van der Waals surface area contributed by atoms with Crippen LogP contribution in [0.4, 0.5) is 0 Å². The van der Waals surface area contributed by atoms with Gasteiger partial charge < -0.3 is 14.8 Å². The van der Waals surface area contributed by atoms with E-state index in [1.807, 2.05) is 66.9 Å². The van der Waals surface area contributed by atoms with Gasteiger partial charge in [-0.2, -0.15) is 0 Å². The van der Waals surface area contributed by atoms with E-state index in [-0.39, 0.29) is 24.6 Å². The minimum Gasteiger partial charge on any atom is -0.548 e. The molecule has 9 heteroatoms. The van der Waals surface area contributed by atoms with E-state index >= 15 is 0 Å². The van der Waals surface area contributed by atoms with Gasteiger partial charge in [0, 0.05) is 24.5 Å². The molecule has 2 aromatic heterocycles. The minimum absolute atomic E-state index is 0.0159. The Morgan fingerprint density at radius 2 is 1.86 bits per heavy atom. The Morgan fingerprint density at radius 3 is 2.58 bits per heavy atom. The van der Waals surface area contributed by atoms with Gasteiger partial charge >= 0.3 is 0 Å². The van der Waals surface area contributed by atoms with Crippen LogP contribution in [0.5, 0.6) is 0 Å². The number of carbonyl (C=O) groups is 2. The Morgan fingerprint density at radius 1 is 1.06 bits per heavy atom. The Hall–Kier alpha value is -3.98. The van der Waals surface area contributed by atoms with Crippen LogP contribution < -0.4 is 5.11 Å². The van der Waals surface area contributed by atoms with Crippen molar-refractivity contribution < 1.29 is 14.7 Å². The second-order valence-corrected chi connectivity index (χ2v) is 9.73. The largest absolute Gasteiger partial charge is 0.548 e. The van der Waals surface area contributed by atoms with Crippen molar-refractivity contribution in [2.75, 3.05) is 5.75 Å². The van der Waals surface area contributed by atoms with Crippen LogP contribution in [0.2, 0.25) is 0 Å². The number of hydrogen-bond acceptors (Lipinski definition) is 7. The fraction of sp³-hybridized carbons (Fsp3) is 0.222. The zero-order chi connectivity index (χ0) is 25.2. The summed E-state index contributed by atoms with van der Waals surface area (Å²) in [5, 5.41) is 21.2. The number of aryl methyl sites for hydroxylation is 2. The van der Waals surface area contributed by atoms with Crippen LogP contribution in [0.3, 0.4) is 0 Å². The summed E-state index contributed by atoms with van der Waals surface area (Å²) in [4.78, 5) is 30.8. The minimum atomic E-state index is -1.25. The number of pyridine rings is 1. The number of aromatic nitrogens is 4. The van der Waals surface area contributed by atoms with Crippen molar-refractivity contribution in [3.05, 3.63) is 89.2 Å². The quantitative estimate of drug-likeness (QED) is 0.377. The first-order chi connectivity index (χ1) is 17.4. The number of carboxylic acids is 1. The van der Waals surface area contributed by atoms with E-state index in [1.165, 1.54) is 16.7 Å². The van der Waals surface area contributed by atoms with Crippen molar-refractivity contribution >= 4 is 23.6 Å². The summed E-state index contributed by atoms with van der Waals surface area (Å²) in [6.07, 6.45) is 3.65. The molecule has 2 aromatic carbocycles. The summed E-state index contributed by atoms with van der Waals surface area (Å²) in [5.41, 5.74) is 5.75. The standard InChI is InChI=1S/C27H25N5O3S/c1-17-9-10-22(18(2)12-17)32-25(20-8-5-11-28-14-20)29-30-27(32)36-16-24(33)31-15-21-7-4-3-6-19(21)13-23(31)26(34)35/h3-12,14,23H,13,15-16H2,1-2H3,(H,34,35)/p-1/t23-/m0/s1. The number of thioether (sulfide) groups is 1. The fourth-order valence-corrected chi connectivity index (χ4v) is 5.35. The van der Waals surface area contributed by atoms with Crippen LogP contribution in [0, 0.1) is 13.8 Å². The molecule has 5 rings (SSSR count). The summed E-state index contributed by atoms with van der Waals surface area (Å²) in [7, 11) is 0. The van der Waals surface area contributed by atoms with E-state index < -0.39 is 12.0 Å². The Kier molecular flexibility index (Phi) is 6.56. The highest BCUT2D eigenvalue weighted by Gasteiger charge is 2.31. The third-order valence-electron chi connectivity index (χ3n) is 6.31. The lowest BCUT2D eigenvalue weighted by Crippen LogP contribution is -2.54. The van der Waals surface area contributed by atoms with Gasteiger partial charge in [0.1, 0.15) is 0 Å². The molecule has 0 bridgehead atoms. The average Bonchev–Trinajstić information content (AvgIpc) is 3.30. The molecular weight excluding hydrogens is 474 g/mol. The summed E-state index contributed by atoms with van der Waals surface area (Å²) in [5.74, 6) is -0.909. The van der Waals surface area contributed by atoms with Crippen molar-refractivity contribution in [2.45, 2.75) is 38.0 Å². The predicted molar refractivity (Wildman–Crippen MR) is 134 cm³/mol. The lowest BCUT2D eigenvalue weighted by Gasteiger charge is -2.37. The number of aliphatic carboxylic acids is 1. The van der Waals surface area contributed by atoms with Gasteiger partial charge in [0.25, 0.3) is 0 Å². The zero-order valence-corrected chi connectivity index (χ0v) is 20.7. The monoisotopic (exact) mass is 498 g/mol. The highest BCUT2D eigenvalue weighted by atomic mass is 32.2. The molecule has 0 unspecified atom stereocenters. The fourth-order valence-electron chi connectivity index (χ4n) is 4.52. The van der Waals surface area contributed by atoms with E-state index in [0.29, 0.717) is 11.0 Å². The maximum Gasteiger partial charge on any atom is 0.233 e. The molecule has 3 heterocycles. The van der Waals surface area contributed by atoms with Crippen molar-refractivity contribution in [3.63, 3.8) is 0 Å². The number of fused-ring (bicyclic) bond motifs is 1. The molecule has 0 aliphatic carbocycles. The third kappa shape index (κ3) is 4.61. The summed E-state index contributed by atoms with van der Waals surface area (Å²) >= 11 is 1.23. The Bertz CT molecular complexity index is 1440. The van der Waals surface area contributed by atoms with Crippen LogP contribution in [-0.2, 0) is 22.6 Å². The molecule has 36 heavy (non-hydrogen) atoms. The van der Waals surface area contributed by atoms with Gasteiger partial charge in [-0.1, -0.05) is 53.7 Å². The van der Waals surface area contributed by atoms with E-state index in [0.717, 1.165) is 33.5 Å². The van der Waals surface area contributed by atoms with Crippen molar-refractivity contribution in [3.8, 4) is 17.1 Å². The molecule has 0 saturated carbocycles. The van der Waals surface area contributed by atoms with Gasteiger partial charge in [-0.15, -0.1) is 10.2 Å². The van der Waals surface area contributed by atoms with E-state index in [9.17, 15) is 14.7 Å². The molecule has 0 N–H and O–H groups in total.